The van der Waals surface area contributed by atoms with Crippen LogP contribution in [0, 0.1) is 5.41 Å². The molecule has 2 N–H and O–H groups in total. The molecule has 22 heavy (non-hydrogen) atoms. The molecule has 3 nitrogen and oxygen atoms in total. The van der Waals surface area contributed by atoms with E-state index in [4.69, 9.17) is 15.2 Å². The van der Waals surface area contributed by atoms with Gasteiger partial charge >= 0.3 is 0 Å². The van der Waals surface area contributed by atoms with Crippen LogP contribution in [0.15, 0.2) is 22.7 Å². The van der Waals surface area contributed by atoms with Crippen LogP contribution in [-0.4, -0.2) is 26.4 Å². The zero-order valence-corrected chi connectivity index (χ0v) is 15.1. The Balaban J connectivity index is 1.97. The lowest BCUT2D eigenvalue weighted by Crippen LogP contribution is -2.55. The molecule has 0 heterocycles. The molecule has 0 aliphatic heterocycles. The van der Waals surface area contributed by atoms with E-state index in [1.807, 2.05) is 14.0 Å². The van der Waals surface area contributed by atoms with Gasteiger partial charge < -0.3 is 15.2 Å². The summed E-state index contributed by atoms with van der Waals surface area (Å²) >= 11 is 3.60. The van der Waals surface area contributed by atoms with Crippen LogP contribution in [0.2, 0.25) is 0 Å². The molecule has 1 spiro atoms. The van der Waals surface area contributed by atoms with Crippen molar-refractivity contribution in [1.82, 2.24) is 0 Å². The Morgan fingerprint density at radius 3 is 2.68 bits per heavy atom. The van der Waals surface area contributed by atoms with Gasteiger partial charge in [-0.1, -0.05) is 22.0 Å². The maximum Gasteiger partial charge on any atom is 0.0710 e. The average Bonchev–Trinajstić information content (AvgIpc) is 2.76. The molecule has 1 aromatic carbocycles. The van der Waals surface area contributed by atoms with Gasteiger partial charge in [-0.3, -0.25) is 0 Å². The molecule has 1 atom stereocenters. The Labute approximate surface area is 141 Å². The maximum absolute atomic E-state index is 7.04. The molecule has 0 amide bonds. The van der Waals surface area contributed by atoms with Crippen molar-refractivity contribution < 1.29 is 9.47 Å². The molecular weight excluding hydrogens is 342 g/mol. The number of methoxy groups -OCH3 is 1. The third kappa shape index (κ3) is 2.54. The maximum atomic E-state index is 7.04. The summed E-state index contributed by atoms with van der Waals surface area (Å²) in [6.07, 6.45) is 5.86. The number of hydrogen-bond acceptors (Lipinski definition) is 3. The SMILES string of the molecule is CCOCC1(N)c2cc(Br)ccc2CC12CCC(OC)CC2. The molecule has 1 unspecified atom stereocenters. The van der Waals surface area contributed by atoms with Crippen LogP contribution >= 0.6 is 15.9 Å². The van der Waals surface area contributed by atoms with Crippen LogP contribution in [0.4, 0.5) is 0 Å². The van der Waals surface area contributed by atoms with Crippen molar-refractivity contribution in [3.63, 3.8) is 0 Å². The minimum absolute atomic E-state index is 0.111. The highest BCUT2D eigenvalue weighted by molar-refractivity contribution is 9.10. The van der Waals surface area contributed by atoms with Crippen molar-refractivity contribution in [2.24, 2.45) is 11.1 Å². The molecule has 0 radical (unpaired) electrons. The van der Waals surface area contributed by atoms with Crippen LogP contribution in [0.25, 0.3) is 0 Å². The lowest BCUT2D eigenvalue weighted by Gasteiger charge is -2.48. The van der Waals surface area contributed by atoms with Crippen molar-refractivity contribution in [3.8, 4) is 0 Å². The second-order valence-corrected chi connectivity index (χ2v) is 7.72. The Hall–Kier alpha value is -0.420. The molecule has 1 saturated carbocycles. The summed E-state index contributed by atoms with van der Waals surface area (Å²) in [6, 6.07) is 6.55. The van der Waals surface area contributed by atoms with E-state index in [0.717, 1.165) is 36.6 Å². The number of rotatable bonds is 4. The highest BCUT2D eigenvalue weighted by Crippen LogP contribution is 2.57. The molecule has 2 aliphatic rings. The van der Waals surface area contributed by atoms with Gasteiger partial charge in [0.1, 0.15) is 0 Å². The lowest BCUT2D eigenvalue weighted by molar-refractivity contribution is -0.0352. The van der Waals surface area contributed by atoms with Crippen molar-refractivity contribution in [1.29, 1.82) is 0 Å². The second-order valence-electron chi connectivity index (χ2n) is 6.80. The number of fused-ring (bicyclic) bond motifs is 1. The largest absolute Gasteiger partial charge is 0.381 e. The first-order valence-electron chi connectivity index (χ1n) is 8.23. The Morgan fingerprint density at radius 2 is 2.05 bits per heavy atom. The number of nitrogens with two attached hydrogens (primary N) is 1. The van der Waals surface area contributed by atoms with Crippen LogP contribution < -0.4 is 5.73 Å². The van der Waals surface area contributed by atoms with E-state index < -0.39 is 0 Å². The van der Waals surface area contributed by atoms with Gasteiger partial charge in [0.2, 0.25) is 0 Å². The van der Waals surface area contributed by atoms with Gasteiger partial charge in [0.25, 0.3) is 0 Å². The first-order chi connectivity index (χ1) is 10.5. The summed E-state index contributed by atoms with van der Waals surface area (Å²) in [5, 5.41) is 0. The smallest absolute Gasteiger partial charge is 0.0710 e. The fourth-order valence-electron chi connectivity index (χ4n) is 4.42. The van der Waals surface area contributed by atoms with Gasteiger partial charge in [0, 0.05) is 18.2 Å². The zero-order chi connectivity index (χ0) is 15.8. The third-order valence-electron chi connectivity index (χ3n) is 5.78. The van der Waals surface area contributed by atoms with E-state index in [1.165, 1.54) is 11.1 Å². The fraction of sp³-hybridized carbons (Fsp3) is 0.667. The number of hydrogen-bond donors (Lipinski definition) is 1. The van der Waals surface area contributed by atoms with Gasteiger partial charge in [0.05, 0.1) is 18.2 Å². The molecule has 0 saturated heterocycles. The highest BCUT2D eigenvalue weighted by atomic mass is 79.9. The molecule has 1 aromatic rings. The molecule has 0 aromatic heterocycles. The van der Waals surface area contributed by atoms with Gasteiger partial charge in [-0.2, -0.15) is 0 Å². The predicted octanol–water partition coefficient (Wildman–Crippen LogP) is 3.77. The summed E-state index contributed by atoms with van der Waals surface area (Å²) < 4.78 is 12.5. The van der Waals surface area contributed by atoms with Crippen LogP contribution in [-0.2, 0) is 21.4 Å². The second kappa shape index (κ2) is 6.23. The van der Waals surface area contributed by atoms with Crippen LogP contribution in [0.5, 0.6) is 0 Å². The zero-order valence-electron chi connectivity index (χ0n) is 13.5. The molecule has 3 rings (SSSR count). The van der Waals surface area contributed by atoms with Crippen molar-refractivity contribution in [2.45, 2.75) is 50.7 Å². The average molecular weight is 368 g/mol. The quantitative estimate of drug-likeness (QED) is 0.880. The molecule has 2 aliphatic carbocycles. The molecular formula is C18H26BrNO2. The first-order valence-corrected chi connectivity index (χ1v) is 9.02. The Kier molecular flexibility index (Phi) is 4.66. The van der Waals surface area contributed by atoms with Crippen molar-refractivity contribution >= 4 is 15.9 Å². The number of ether oxygens (including phenoxy) is 2. The van der Waals surface area contributed by atoms with Crippen molar-refractivity contribution in [3.05, 3.63) is 33.8 Å². The van der Waals surface area contributed by atoms with Gasteiger partial charge in [0.15, 0.2) is 0 Å². The molecule has 0 bridgehead atoms. The summed E-state index contributed by atoms with van der Waals surface area (Å²) in [7, 11) is 1.82. The summed E-state index contributed by atoms with van der Waals surface area (Å²) in [5.41, 5.74) is 9.42. The molecule has 4 heteroatoms. The van der Waals surface area contributed by atoms with Crippen molar-refractivity contribution in [2.75, 3.05) is 20.3 Å². The van der Waals surface area contributed by atoms with Crippen LogP contribution in [0.1, 0.15) is 43.7 Å². The van der Waals surface area contributed by atoms with Gasteiger partial charge in [-0.15, -0.1) is 0 Å². The van der Waals surface area contributed by atoms with E-state index in [2.05, 4.69) is 34.1 Å². The van der Waals surface area contributed by atoms with Crippen LogP contribution in [0.3, 0.4) is 0 Å². The number of halogens is 1. The Morgan fingerprint density at radius 1 is 1.32 bits per heavy atom. The van der Waals surface area contributed by atoms with Gasteiger partial charge in [-0.05, 0) is 67.7 Å². The highest BCUT2D eigenvalue weighted by Gasteiger charge is 2.56. The predicted molar refractivity (Wildman–Crippen MR) is 91.9 cm³/mol. The topological polar surface area (TPSA) is 44.5 Å². The standard InChI is InChI=1S/C18H26BrNO2/c1-3-22-12-18(20)16-10-14(19)5-4-13(16)11-17(18)8-6-15(21-2)7-9-17/h4-5,10,15H,3,6-9,11-12,20H2,1-2H3. The summed E-state index contributed by atoms with van der Waals surface area (Å²) in [6.45, 7) is 3.35. The third-order valence-corrected chi connectivity index (χ3v) is 6.28. The fourth-order valence-corrected chi connectivity index (χ4v) is 4.78. The normalized spacial score (nSPS) is 34.1. The lowest BCUT2D eigenvalue weighted by atomic mass is 9.62. The summed E-state index contributed by atoms with van der Waals surface area (Å²) in [5.74, 6) is 0. The molecule has 122 valence electrons. The first kappa shape index (κ1) is 16.4. The van der Waals surface area contributed by atoms with E-state index in [1.54, 1.807) is 0 Å². The minimum Gasteiger partial charge on any atom is -0.381 e. The van der Waals surface area contributed by atoms with Gasteiger partial charge in [-0.25, -0.2) is 0 Å². The van der Waals surface area contributed by atoms with E-state index >= 15 is 0 Å². The summed E-state index contributed by atoms with van der Waals surface area (Å²) in [4.78, 5) is 0. The van der Waals surface area contributed by atoms with E-state index in [9.17, 15) is 0 Å². The monoisotopic (exact) mass is 367 g/mol. The minimum atomic E-state index is -0.388. The Bertz CT molecular complexity index is 540. The number of benzene rings is 1. The molecule has 1 fully saturated rings. The van der Waals surface area contributed by atoms with E-state index in [-0.39, 0.29) is 11.0 Å². The van der Waals surface area contributed by atoms with E-state index in [0.29, 0.717) is 19.3 Å².